The zero-order valence-electron chi connectivity index (χ0n) is 28.2. The highest BCUT2D eigenvalue weighted by Gasteiger charge is 2.57. The van der Waals surface area contributed by atoms with Gasteiger partial charge in [-0.2, -0.15) is 0 Å². The number of aryl methyl sites for hydroxylation is 2. The topological polar surface area (TPSA) is 206 Å². The largest absolute Gasteiger partial charge is 0.493 e. The fraction of sp³-hybridized carbons (Fsp3) is 0.286. The Hall–Kier alpha value is -6.45. The highest BCUT2D eigenvalue weighted by Crippen LogP contribution is 2.60. The molecule has 1 spiro atoms. The monoisotopic (exact) mass is 704 g/mol. The van der Waals surface area contributed by atoms with Gasteiger partial charge in [-0.05, 0) is 36.4 Å². The lowest BCUT2D eigenvalue weighted by Crippen LogP contribution is -2.48. The van der Waals surface area contributed by atoms with Gasteiger partial charge < -0.3 is 42.3 Å². The molecule has 3 heterocycles. The Labute approximate surface area is 287 Å². The summed E-state index contributed by atoms with van der Waals surface area (Å²) in [6.45, 7) is 6.90. The standard InChI is InChI=1S/C35H28O16/c1-13-10-20-11-19-8-9-35(50-27(19)30(48-17(5)39)23(20)34(42)44-13)33(41)26-29(47-16(4)38)24-21(45-14(2)36)12-22(43-7)28(46-15(3)37)25(24)31(32(26)51-35)49-18(6)40/h10-12H,8-9H2,1-7H3/t35-/m1/s1. The molecule has 16 nitrogen and oxygen atoms in total. The molecule has 2 aliphatic heterocycles. The van der Waals surface area contributed by atoms with E-state index in [1.54, 1.807) is 19.1 Å². The fourth-order valence-corrected chi connectivity index (χ4v) is 6.11. The van der Waals surface area contributed by atoms with E-state index in [1.165, 1.54) is 7.11 Å². The van der Waals surface area contributed by atoms with Gasteiger partial charge in [0.15, 0.2) is 40.2 Å². The van der Waals surface area contributed by atoms with E-state index < -0.39 is 69.9 Å². The molecule has 2 aliphatic rings. The van der Waals surface area contributed by atoms with E-state index in [-0.39, 0.29) is 57.7 Å². The molecule has 0 radical (unpaired) electrons. The first-order valence-corrected chi connectivity index (χ1v) is 15.2. The van der Waals surface area contributed by atoms with Crippen LogP contribution in [-0.4, -0.2) is 48.5 Å². The molecule has 0 bridgehead atoms. The maximum absolute atomic E-state index is 14.7. The molecule has 51 heavy (non-hydrogen) atoms. The predicted molar refractivity (Wildman–Crippen MR) is 171 cm³/mol. The van der Waals surface area contributed by atoms with Crippen LogP contribution in [0.1, 0.15) is 62.7 Å². The third-order valence-corrected chi connectivity index (χ3v) is 7.77. The van der Waals surface area contributed by atoms with E-state index in [1.807, 2.05) is 0 Å². The molecule has 16 heteroatoms. The van der Waals surface area contributed by atoms with Crippen LogP contribution in [0.15, 0.2) is 27.4 Å². The van der Waals surface area contributed by atoms with Gasteiger partial charge in [0.05, 0.1) is 17.9 Å². The third-order valence-electron chi connectivity index (χ3n) is 7.77. The van der Waals surface area contributed by atoms with Gasteiger partial charge in [-0.25, -0.2) is 4.79 Å². The molecule has 0 aliphatic carbocycles. The molecule has 6 rings (SSSR count). The predicted octanol–water partition coefficient (Wildman–Crippen LogP) is 4.19. The molecule has 0 saturated heterocycles. The maximum atomic E-state index is 14.7. The minimum absolute atomic E-state index is 0.0507. The number of rotatable bonds is 6. The van der Waals surface area contributed by atoms with E-state index in [9.17, 15) is 33.6 Å². The summed E-state index contributed by atoms with van der Waals surface area (Å²) in [5, 5.41) is -0.389. The van der Waals surface area contributed by atoms with Crippen molar-refractivity contribution in [3.63, 3.8) is 0 Å². The summed E-state index contributed by atoms with van der Waals surface area (Å²) in [6.07, 6.45) is -0.152. The van der Waals surface area contributed by atoms with Crippen molar-refractivity contribution in [3.05, 3.63) is 45.5 Å². The Morgan fingerprint density at radius 3 is 1.78 bits per heavy atom. The van der Waals surface area contributed by atoms with E-state index in [0.717, 1.165) is 40.7 Å². The lowest BCUT2D eigenvalue weighted by molar-refractivity contribution is -0.133. The van der Waals surface area contributed by atoms with Crippen molar-refractivity contribution in [2.75, 3.05) is 7.11 Å². The van der Waals surface area contributed by atoms with Gasteiger partial charge in [0, 0.05) is 47.1 Å². The smallest absolute Gasteiger partial charge is 0.347 e. The van der Waals surface area contributed by atoms with Gasteiger partial charge in [0.1, 0.15) is 22.5 Å². The number of carbonyl (C=O) groups excluding carboxylic acids is 6. The van der Waals surface area contributed by atoms with Crippen LogP contribution in [0.4, 0.5) is 0 Å². The van der Waals surface area contributed by atoms with Crippen LogP contribution in [0.2, 0.25) is 0 Å². The van der Waals surface area contributed by atoms with E-state index in [4.69, 9.17) is 42.3 Å². The van der Waals surface area contributed by atoms with Crippen molar-refractivity contribution < 1.29 is 71.1 Å². The van der Waals surface area contributed by atoms with E-state index in [0.29, 0.717) is 16.7 Å². The molecule has 1 aromatic heterocycles. The quantitative estimate of drug-likeness (QED) is 0.204. The molecule has 1 atom stereocenters. The second kappa shape index (κ2) is 12.5. The second-order valence-electron chi connectivity index (χ2n) is 11.6. The summed E-state index contributed by atoms with van der Waals surface area (Å²) in [7, 11) is 1.21. The number of ketones is 1. The van der Waals surface area contributed by atoms with Crippen molar-refractivity contribution >= 4 is 57.2 Å². The summed E-state index contributed by atoms with van der Waals surface area (Å²) < 4.78 is 50.8. The number of esters is 5. The maximum Gasteiger partial charge on any atom is 0.347 e. The highest BCUT2D eigenvalue weighted by atomic mass is 16.7. The SMILES string of the molecule is COc1cc(OC(C)=O)c2c(OC(C)=O)c3c(c(OC(C)=O)c2c1OC(C)=O)O[C@]1(CCc2cc4cc(C)oc(=O)c4c(OC(C)=O)c2O1)C3=O. The van der Waals surface area contributed by atoms with Crippen LogP contribution in [0.25, 0.3) is 21.5 Å². The first kappa shape index (κ1) is 34.4. The molecule has 4 aromatic rings. The molecule has 3 aromatic carbocycles. The summed E-state index contributed by atoms with van der Waals surface area (Å²) in [5.41, 5.74) is -0.888. The lowest BCUT2D eigenvalue weighted by atomic mass is 9.91. The number of carbonyl (C=O) groups is 6. The molecule has 0 fully saturated rings. The normalized spacial score (nSPS) is 15.7. The molecule has 0 amide bonds. The third kappa shape index (κ3) is 5.83. The van der Waals surface area contributed by atoms with Gasteiger partial charge in [0.2, 0.25) is 0 Å². The van der Waals surface area contributed by atoms with Gasteiger partial charge in [-0.1, -0.05) is 0 Å². The molecule has 0 unspecified atom stereocenters. The van der Waals surface area contributed by atoms with Gasteiger partial charge in [0.25, 0.3) is 5.78 Å². The number of fused-ring (bicyclic) bond motifs is 4. The van der Waals surface area contributed by atoms with Crippen LogP contribution >= 0.6 is 0 Å². The fourth-order valence-electron chi connectivity index (χ4n) is 6.11. The average Bonchev–Trinajstić information content (AvgIpc) is 3.29. The van der Waals surface area contributed by atoms with Crippen LogP contribution in [0, 0.1) is 6.92 Å². The van der Waals surface area contributed by atoms with E-state index >= 15 is 0 Å². The Kier molecular flexibility index (Phi) is 8.41. The van der Waals surface area contributed by atoms with Crippen LogP contribution in [0.3, 0.4) is 0 Å². The second-order valence-corrected chi connectivity index (χ2v) is 11.6. The highest BCUT2D eigenvalue weighted by molar-refractivity contribution is 6.19. The Bertz CT molecular complexity index is 2330. The van der Waals surface area contributed by atoms with Crippen molar-refractivity contribution in [2.45, 2.75) is 60.2 Å². The van der Waals surface area contributed by atoms with Crippen LogP contribution in [0.5, 0.6) is 46.0 Å². The van der Waals surface area contributed by atoms with Gasteiger partial charge >= 0.3 is 41.3 Å². The number of benzene rings is 3. The zero-order valence-corrected chi connectivity index (χ0v) is 28.2. The first-order chi connectivity index (χ1) is 24.0. The number of hydrogen-bond acceptors (Lipinski definition) is 16. The molecule has 264 valence electrons. The molecule has 0 N–H and O–H groups in total. The molecular formula is C35H28O16. The summed E-state index contributed by atoms with van der Waals surface area (Å²) in [6, 6.07) is 4.33. The Morgan fingerprint density at radius 2 is 1.20 bits per heavy atom. The van der Waals surface area contributed by atoms with Crippen molar-refractivity contribution in [1.29, 1.82) is 0 Å². The van der Waals surface area contributed by atoms with Gasteiger partial charge in [-0.3, -0.25) is 28.8 Å². The Balaban J connectivity index is 1.70. The van der Waals surface area contributed by atoms with E-state index in [2.05, 4.69) is 0 Å². The summed E-state index contributed by atoms with van der Waals surface area (Å²) >= 11 is 0. The molecular weight excluding hydrogens is 676 g/mol. The minimum Gasteiger partial charge on any atom is -0.493 e. The average molecular weight is 705 g/mol. The van der Waals surface area contributed by atoms with Crippen molar-refractivity contribution in [1.82, 2.24) is 0 Å². The van der Waals surface area contributed by atoms with Crippen molar-refractivity contribution in [3.8, 4) is 46.0 Å². The van der Waals surface area contributed by atoms with Crippen LogP contribution < -0.4 is 43.5 Å². The Morgan fingerprint density at radius 1 is 0.647 bits per heavy atom. The number of Topliss-reactive ketones (excluding diaryl/α,β-unsaturated/α-hetero) is 1. The zero-order chi connectivity index (χ0) is 37.1. The lowest BCUT2D eigenvalue weighted by Gasteiger charge is -2.34. The first-order valence-electron chi connectivity index (χ1n) is 15.2. The van der Waals surface area contributed by atoms with Crippen molar-refractivity contribution in [2.24, 2.45) is 0 Å². The molecule has 0 saturated carbocycles. The van der Waals surface area contributed by atoms with Crippen LogP contribution in [-0.2, 0) is 30.4 Å². The number of ether oxygens (including phenoxy) is 8. The number of methoxy groups -OCH3 is 1. The number of hydrogen-bond donors (Lipinski definition) is 0. The van der Waals surface area contributed by atoms with Gasteiger partial charge in [-0.15, -0.1) is 0 Å². The summed E-state index contributed by atoms with van der Waals surface area (Å²) in [4.78, 5) is 89.9. The minimum atomic E-state index is -2.31. The summed E-state index contributed by atoms with van der Waals surface area (Å²) in [5.74, 6) is -10.3.